The van der Waals surface area contributed by atoms with Crippen molar-refractivity contribution < 1.29 is 26.3 Å². The van der Waals surface area contributed by atoms with E-state index in [4.69, 9.17) is 23.8 Å². The predicted octanol–water partition coefficient (Wildman–Crippen LogP) is 5.76. The molecular formula is C18H15ClF6N4S. The van der Waals surface area contributed by atoms with Crippen LogP contribution in [0.3, 0.4) is 0 Å². The molecule has 0 aromatic heterocycles. The molecule has 0 amide bonds. The van der Waals surface area contributed by atoms with Crippen LogP contribution in [-0.4, -0.2) is 25.4 Å². The zero-order chi connectivity index (χ0) is 22.7. The van der Waals surface area contributed by atoms with Crippen molar-refractivity contribution in [3.8, 4) is 0 Å². The molecule has 0 heterocycles. The molecule has 0 saturated carbocycles. The number of anilines is 2. The highest BCUT2D eigenvalue weighted by Gasteiger charge is 2.37. The number of thiocarbonyl (C=S) groups is 1. The SMILES string of the molecule is CN(C)c1ccc(/C=N/NC(=S)Nc2cc(C(F)(F)F)cc(C(F)(F)F)c2)c(Cl)c1. The van der Waals surface area contributed by atoms with Crippen LogP contribution < -0.4 is 15.6 Å². The maximum atomic E-state index is 12.9. The Morgan fingerprint density at radius 1 is 1.00 bits per heavy atom. The summed E-state index contributed by atoms with van der Waals surface area (Å²) in [6, 6.07) is 6.22. The minimum absolute atomic E-state index is 0.0270. The molecule has 2 N–H and O–H groups in total. The lowest BCUT2D eigenvalue weighted by Gasteiger charge is -2.15. The summed E-state index contributed by atoms with van der Waals surface area (Å²) in [5.41, 5.74) is 0.290. The van der Waals surface area contributed by atoms with Crippen molar-refractivity contribution in [1.29, 1.82) is 0 Å². The van der Waals surface area contributed by atoms with Crippen molar-refractivity contribution in [3.05, 3.63) is 58.1 Å². The van der Waals surface area contributed by atoms with Gasteiger partial charge in [-0.05, 0) is 48.6 Å². The van der Waals surface area contributed by atoms with E-state index in [1.807, 2.05) is 19.0 Å². The average molecular weight is 469 g/mol. The maximum absolute atomic E-state index is 12.9. The third kappa shape index (κ3) is 6.49. The van der Waals surface area contributed by atoms with Crippen LogP contribution in [0.25, 0.3) is 0 Å². The van der Waals surface area contributed by atoms with Crippen LogP contribution in [0.2, 0.25) is 5.02 Å². The first-order chi connectivity index (χ1) is 13.8. The summed E-state index contributed by atoms with van der Waals surface area (Å²) >= 11 is 11.0. The second kappa shape index (κ2) is 9.09. The van der Waals surface area contributed by atoms with Crippen LogP contribution in [0.1, 0.15) is 16.7 Å². The average Bonchev–Trinajstić information content (AvgIpc) is 2.61. The van der Waals surface area contributed by atoms with Gasteiger partial charge in [0.1, 0.15) is 0 Å². The fraction of sp³-hybridized carbons (Fsp3) is 0.222. The molecule has 0 fully saturated rings. The number of benzene rings is 2. The molecule has 0 aliphatic heterocycles. The lowest BCUT2D eigenvalue weighted by atomic mass is 10.1. The molecule has 2 aromatic carbocycles. The van der Waals surface area contributed by atoms with Gasteiger partial charge in [-0.25, -0.2) is 0 Å². The Kier molecular flexibility index (Phi) is 7.19. The molecule has 0 atom stereocenters. The van der Waals surface area contributed by atoms with Gasteiger partial charge in [0.05, 0.1) is 22.4 Å². The number of hydrogen-bond acceptors (Lipinski definition) is 3. The van der Waals surface area contributed by atoms with E-state index in [-0.39, 0.29) is 11.2 Å². The Hall–Kier alpha value is -2.53. The molecule has 0 aliphatic carbocycles. The summed E-state index contributed by atoms with van der Waals surface area (Å²) in [6.07, 6.45) is -8.61. The highest BCUT2D eigenvalue weighted by Crippen LogP contribution is 2.37. The van der Waals surface area contributed by atoms with E-state index in [0.29, 0.717) is 22.7 Å². The van der Waals surface area contributed by atoms with E-state index in [9.17, 15) is 26.3 Å². The van der Waals surface area contributed by atoms with Gasteiger partial charge in [0, 0.05) is 31.0 Å². The summed E-state index contributed by atoms with van der Waals surface area (Å²) in [5, 5.41) is 6.13. The van der Waals surface area contributed by atoms with Gasteiger partial charge in [-0.1, -0.05) is 11.6 Å². The van der Waals surface area contributed by atoms with Gasteiger partial charge in [-0.15, -0.1) is 0 Å². The Balaban J connectivity index is 2.13. The molecule has 0 spiro atoms. The third-order valence-electron chi connectivity index (χ3n) is 3.72. The third-order valence-corrected chi connectivity index (χ3v) is 4.24. The minimum Gasteiger partial charge on any atom is -0.378 e. The van der Waals surface area contributed by atoms with Gasteiger partial charge in [-0.2, -0.15) is 31.4 Å². The Morgan fingerprint density at radius 3 is 2.03 bits per heavy atom. The lowest BCUT2D eigenvalue weighted by Crippen LogP contribution is -2.24. The maximum Gasteiger partial charge on any atom is 0.416 e. The molecule has 30 heavy (non-hydrogen) atoms. The highest BCUT2D eigenvalue weighted by atomic mass is 35.5. The number of halogens is 7. The van der Waals surface area contributed by atoms with E-state index in [2.05, 4.69) is 15.8 Å². The standard InChI is InChI=1S/C18H15ClF6N4S/c1-29(2)14-4-3-10(15(19)8-14)9-26-28-16(30)27-13-6-11(17(20,21)22)5-12(7-13)18(23,24)25/h3-9H,1-2H3,(H2,27,28,30)/b26-9+. The van der Waals surface area contributed by atoms with Crippen LogP contribution in [0.15, 0.2) is 41.5 Å². The van der Waals surface area contributed by atoms with E-state index in [1.165, 1.54) is 6.21 Å². The molecule has 2 rings (SSSR count). The van der Waals surface area contributed by atoms with Crippen LogP contribution in [0, 0.1) is 0 Å². The Labute approximate surface area is 178 Å². The van der Waals surface area contributed by atoms with E-state index in [0.717, 1.165) is 5.69 Å². The van der Waals surface area contributed by atoms with Crippen LogP contribution in [-0.2, 0) is 12.4 Å². The quantitative estimate of drug-likeness (QED) is 0.259. The highest BCUT2D eigenvalue weighted by molar-refractivity contribution is 7.80. The largest absolute Gasteiger partial charge is 0.416 e. The smallest absolute Gasteiger partial charge is 0.378 e. The zero-order valence-electron chi connectivity index (χ0n) is 15.5. The molecule has 162 valence electrons. The van der Waals surface area contributed by atoms with E-state index < -0.39 is 29.2 Å². The topological polar surface area (TPSA) is 39.7 Å². The minimum atomic E-state index is -4.96. The van der Waals surface area contributed by atoms with E-state index >= 15 is 0 Å². The molecule has 0 aliphatic rings. The summed E-state index contributed by atoms with van der Waals surface area (Å²) in [7, 11) is 3.67. The number of nitrogens with zero attached hydrogens (tertiary/aromatic N) is 2. The first-order valence-corrected chi connectivity index (χ1v) is 8.92. The van der Waals surface area contributed by atoms with Gasteiger partial charge in [0.25, 0.3) is 0 Å². The van der Waals surface area contributed by atoms with Crippen molar-refractivity contribution in [2.24, 2.45) is 5.10 Å². The zero-order valence-corrected chi connectivity index (χ0v) is 17.1. The van der Waals surface area contributed by atoms with E-state index in [1.54, 1.807) is 18.2 Å². The number of nitrogens with one attached hydrogen (secondary N) is 2. The van der Waals surface area contributed by atoms with Crippen molar-refractivity contribution in [2.75, 3.05) is 24.3 Å². The van der Waals surface area contributed by atoms with Crippen molar-refractivity contribution in [1.82, 2.24) is 5.43 Å². The second-order valence-corrected chi connectivity index (χ2v) is 7.03. The lowest BCUT2D eigenvalue weighted by molar-refractivity contribution is -0.143. The fourth-order valence-electron chi connectivity index (χ4n) is 2.25. The predicted molar refractivity (Wildman–Crippen MR) is 109 cm³/mol. The number of alkyl halides is 6. The molecule has 2 aromatic rings. The number of hydrazone groups is 1. The van der Waals surface area contributed by atoms with Gasteiger partial charge in [-0.3, -0.25) is 5.43 Å². The number of hydrogen-bond donors (Lipinski definition) is 2. The summed E-state index contributed by atoms with van der Waals surface area (Å²) < 4.78 is 77.4. The monoisotopic (exact) mass is 468 g/mol. The number of rotatable bonds is 4. The van der Waals surface area contributed by atoms with Crippen LogP contribution in [0.5, 0.6) is 0 Å². The molecule has 0 radical (unpaired) electrons. The molecule has 0 unspecified atom stereocenters. The molecule has 0 bridgehead atoms. The van der Waals surface area contributed by atoms with Gasteiger partial charge in [0.2, 0.25) is 0 Å². The second-order valence-electron chi connectivity index (χ2n) is 6.22. The Bertz CT molecular complexity index is 924. The summed E-state index contributed by atoms with van der Waals surface area (Å²) in [4.78, 5) is 1.84. The molecule has 12 heteroatoms. The Morgan fingerprint density at radius 2 is 1.57 bits per heavy atom. The molecular weight excluding hydrogens is 454 g/mol. The normalized spacial score (nSPS) is 12.2. The van der Waals surface area contributed by atoms with Gasteiger partial charge < -0.3 is 10.2 Å². The van der Waals surface area contributed by atoms with Crippen molar-refractivity contribution in [2.45, 2.75) is 12.4 Å². The summed E-state index contributed by atoms with van der Waals surface area (Å²) in [5.74, 6) is 0. The van der Waals surface area contributed by atoms with Gasteiger partial charge in [0.15, 0.2) is 5.11 Å². The van der Waals surface area contributed by atoms with Gasteiger partial charge >= 0.3 is 12.4 Å². The summed E-state index contributed by atoms with van der Waals surface area (Å²) in [6.45, 7) is 0. The van der Waals surface area contributed by atoms with Crippen LogP contribution in [0.4, 0.5) is 37.7 Å². The van der Waals surface area contributed by atoms with Crippen LogP contribution >= 0.6 is 23.8 Å². The molecule has 0 saturated heterocycles. The fourth-order valence-corrected chi connectivity index (χ4v) is 2.64. The molecule has 4 nitrogen and oxygen atoms in total. The van der Waals surface area contributed by atoms with Crippen molar-refractivity contribution >= 4 is 46.5 Å². The first-order valence-electron chi connectivity index (χ1n) is 8.14. The first kappa shape index (κ1) is 23.7. The van der Waals surface area contributed by atoms with Crippen molar-refractivity contribution in [3.63, 3.8) is 0 Å².